The zero-order valence-corrected chi connectivity index (χ0v) is 13.3. The molecular formula is C16H24N2O2S. The van der Waals surface area contributed by atoms with Crippen LogP contribution in [0.25, 0.3) is 0 Å². The van der Waals surface area contributed by atoms with Gasteiger partial charge in [0.25, 0.3) is 0 Å². The summed E-state index contributed by atoms with van der Waals surface area (Å²) in [5, 5.41) is 5.86. The molecule has 2 rings (SSSR count). The van der Waals surface area contributed by atoms with Crippen molar-refractivity contribution in [3.05, 3.63) is 35.9 Å². The molecule has 0 aromatic heterocycles. The summed E-state index contributed by atoms with van der Waals surface area (Å²) in [6.45, 7) is 2.16. The third kappa shape index (κ3) is 5.25. The summed E-state index contributed by atoms with van der Waals surface area (Å²) in [6.07, 6.45) is 4.17. The van der Waals surface area contributed by atoms with Gasteiger partial charge in [-0.15, -0.1) is 0 Å². The van der Waals surface area contributed by atoms with Crippen molar-refractivity contribution < 1.29 is 9.53 Å². The van der Waals surface area contributed by atoms with Crippen molar-refractivity contribution in [2.24, 2.45) is 5.92 Å². The zero-order chi connectivity index (χ0) is 14.9. The number of urea groups is 1. The van der Waals surface area contributed by atoms with Crippen LogP contribution in [0.15, 0.2) is 30.3 Å². The molecule has 0 spiro atoms. The molecule has 0 radical (unpaired) electrons. The van der Waals surface area contributed by atoms with E-state index in [1.807, 2.05) is 18.2 Å². The van der Waals surface area contributed by atoms with Crippen LogP contribution in [0.3, 0.4) is 0 Å². The highest BCUT2D eigenvalue weighted by atomic mass is 32.2. The maximum Gasteiger partial charge on any atom is 0.314 e. The van der Waals surface area contributed by atoms with Crippen LogP contribution in [0.2, 0.25) is 0 Å². The van der Waals surface area contributed by atoms with Gasteiger partial charge in [-0.05, 0) is 30.4 Å². The molecule has 1 aromatic carbocycles. The van der Waals surface area contributed by atoms with Crippen molar-refractivity contribution in [1.29, 1.82) is 0 Å². The van der Waals surface area contributed by atoms with Crippen LogP contribution in [0, 0.1) is 5.92 Å². The minimum Gasteiger partial charge on any atom is -0.373 e. The van der Waals surface area contributed by atoms with Gasteiger partial charge in [0.15, 0.2) is 0 Å². The lowest BCUT2D eigenvalue weighted by atomic mass is 9.95. The quantitative estimate of drug-likeness (QED) is 0.762. The smallest absolute Gasteiger partial charge is 0.314 e. The number of hydrogen-bond acceptors (Lipinski definition) is 3. The predicted octanol–water partition coefficient (Wildman–Crippen LogP) is 2.82. The molecule has 5 heteroatoms. The standard InChI is InChI=1S/C16H24N2O2S/c1-21-11-5-9-17-16(19)18-12-14-8-10-20-15(14)13-6-3-2-4-7-13/h2-4,6-7,14-15H,5,8-12H2,1H3,(H2,17,18,19)/t14-,15-/m1/s1. The Morgan fingerprint density at radius 3 is 2.90 bits per heavy atom. The average Bonchev–Trinajstić information content (AvgIpc) is 2.99. The van der Waals surface area contributed by atoms with Crippen LogP contribution in [0.4, 0.5) is 4.79 Å². The summed E-state index contributed by atoms with van der Waals surface area (Å²) >= 11 is 1.80. The maximum absolute atomic E-state index is 11.7. The molecular weight excluding hydrogens is 284 g/mol. The molecule has 2 N–H and O–H groups in total. The van der Waals surface area contributed by atoms with Crippen molar-refractivity contribution in [3.63, 3.8) is 0 Å². The van der Waals surface area contributed by atoms with Gasteiger partial charge in [-0.1, -0.05) is 30.3 Å². The van der Waals surface area contributed by atoms with Gasteiger partial charge in [-0.2, -0.15) is 11.8 Å². The summed E-state index contributed by atoms with van der Waals surface area (Å²) in [6, 6.07) is 10.2. The molecule has 1 heterocycles. The van der Waals surface area contributed by atoms with Crippen LogP contribution in [-0.2, 0) is 4.74 Å². The Morgan fingerprint density at radius 2 is 2.14 bits per heavy atom. The molecule has 1 aromatic rings. The van der Waals surface area contributed by atoms with Gasteiger partial charge in [0.2, 0.25) is 0 Å². The molecule has 0 saturated carbocycles. The van der Waals surface area contributed by atoms with E-state index in [-0.39, 0.29) is 12.1 Å². The lowest BCUT2D eigenvalue weighted by Crippen LogP contribution is -2.39. The first kappa shape index (κ1) is 16.2. The van der Waals surface area contributed by atoms with Gasteiger partial charge >= 0.3 is 6.03 Å². The third-order valence-electron chi connectivity index (χ3n) is 3.68. The highest BCUT2D eigenvalue weighted by Crippen LogP contribution is 2.33. The van der Waals surface area contributed by atoms with Crippen LogP contribution in [0.1, 0.15) is 24.5 Å². The second-order valence-corrected chi connectivity index (χ2v) is 6.22. The second-order valence-electron chi connectivity index (χ2n) is 5.23. The monoisotopic (exact) mass is 308 g/mol. The number of thioether (sulfide) groups is 1. The molecule has 2 amide bonds. The fourth-order valence-corrected chi connectivity index (χ4v) is 2.99. The van der Waals surface area contributed by atoms with Gasteiger partial charge in [-0.25, -0.2) is 4.79 Å². The first-order valence-corrected chi connectivity index (χ1v) is 8.88. The van der Waals surface area contributed by atoms with Crippen molar-refractivity contribution in [2.45, 2.75) is 18.9 Å². The first-order valence-electron chi connectivity index (χ1n) is 7.48. The van der Waals surface area contributed by atoms with Crippen molar-refractivity contribution in [3.8, 4) is 0 Å². The highest BCUT2D eigenvalue weighted by molar-refractivity contribution is 7.98. The third-order valence-corrected chi connectivity index (χ3v) is 4.37. The Morgan fingerprint density at radius 1 is 1.33 bits per heavy atom. The number of carbonyl (C=O) groups is 1. The van der Waals surface area contributed by atoms with Crippen molar-refractivity contribution in [2.75, 3.05) is 31.7 Å². The molecule has 0 unspecified atom stereocenters. The minimum atomic E-state index is -0.0742. The molecule has 4 nitrogen and oxygen atoms in total. The van der Waals surface area contributed by atoms with Gasteiger partial charge < -0.3 is 15.4 Å². The fourth-order valence-electron chi connectivity index (χ4n) is 2.56. The number of carbonyl (C=O) groups excluding carboxylic acids is 1. The van der Waals surface area contributed by atoms with Gasteiger partial charge in [0.1, 0.15) is 0 Å². The molecule has 116 valence electrons. The fraction of sp³-hybridized carbons (Fsp3) is 0.562. The molecule has 1 aliphatic rings. The van der Waals surface area contributed by atoms with Gasteiger partial charge in [0, 0.05) is 25.6 Å². The highest BCUT2D eigenvalue weighted by Gasteiger charge is 2.29. The number of benzene rings is 1. The average molecular weight is 308 g/mol. The summed E-state index contributed by atoms with van der Waals surface area (Å²) in [4.78, 5) is 11.7. The maximum atomic E-state index is 11.7. The largest absolute Gasteiger partial charge is 0.373 e. The Kier molecular flexibility index (Phi) is 6.89. The van der Waals surface area contributed by atoms with Gasteiger partial charge in [-0.3, -0.25) is 0 Å². The molecule has 0 aliphatic carbocycles. The normalized spacial score (nSPS) is 21.2. The molecule has 1 saturated heterocycles. The van der Waals surface area contributed by atoms with E-state index in [1.165, 1.54) is 5.56 Å². The van der Waals surface area contributed by atoms with Crippen molar-refractivity contribution in [1.82, 2.24) is 10.6 Å². The summed E-state index contributed by atoms with van der Waals surface area (Å²) in [7, 11) is 0. The second kappa shape index (κ2) is 8.95. The van der Waals surface area contributed by atoms with Gasteiger partial charge in [0.05, 0.1) is 6.10 Å². The van der Waals surface area contributed by atoms with E-state index in [0.717, 1.165) is 31.7 Å². The summed E-state index contributed by atoms with van der Waals surface area (Å²) in [5.41, 5.74) is 1.20. The Balaban J connectivity index is 1.73. The van der Waals surface area contributed by atoms with E-state index in [2.05, 4.69) is 29.0 Å². The van der Waals surface area contributed by atoms with Crippen LogP contribution >= 0.6 is 11.8 Å². The molecule has 1 fully saturated rings. The molecule has 0 bridgehead atoms. The summed E-state index contributed by atoms with van der Waals surface area (Å²) < 4.78 is 5.82. The minimum absolute atomic E-state index is 0.0742. The number of rotatable bonds is 7. The molecule has 2 atom stereocenters. The first-order chi connectivity index (χ1) is 10.3. The van der Waals surface area contributed by atoms with Crippen LogP contribution < -0.4 is 10.6 Å². The molecule has 21 heavy (non-hydrogen) atoms. The zero-order valence-electron chi connectivity index (χ0n) is 12.5. The Bertz CT molecular complexity index is 428. The van der Waals surface area contributed by atoms with Crippen molar-refractivity contribution >= 4 is 17.8 Å². The van der Waals surface area contributed by atoms with E-state index in [0.29, 0.717) is 12.5 Å². The molecule has 1 aliphatic heterocycles. The summed E-state index contributed by atoms with van der Waals surface area (Å²) in [5.74, 6) is 1.43. The SMILES string of the molecule is CSCCCNC(=O)NC[C@H]1CCO[C@@H]1c1ccccc1. The number of nitrogens with one attached hydrogen (secondary N) is 2. The number of amides is 2. The van der Waals surface area contributed by atoms with Crippen LogP contribution in [-0.4, -0.2) is 37.7 Å². The van der Waals surface area contributed by atoms with E-state index in [4.69, 9.17) is 4.74 Å². The van der Waals surface area contributed by atoms with E-state index >= 15 is 0 Å². The topological polar surface area (TPSA) is 50.4 Å². The van der Waals surface area contributed by atoms with Crippen LogP contribution in [0.5, 0.6) is 0 Å². The Labute approximate surface area is 131 Å². The Hall–Kier alpha value is -1.20. The van der Waals surface area contributed by atoms with E-state index < -0.39 is 0 Å². The lowest BCUT2D eigenvalue weighted by molar-refractivity contribution is 0.0910. The number of ether oxygens (including phenoxy) is 1. The predicted molar refractivity (Wildman–Crippen MR) is 87.6 cm³/mol. The lowest BCUT2D eigenvalue weighted by Gasteiger charge is -2.19. The van der Waals surface area contributed by atoms with E-state index in [1.54, 1.807) is 11.8 Å². The number of hydrogen-bond donors (Lipinski definition) is 2. The van der Waals surface area contributed by atoms with E-state index in [9.17, 15) is 4.79 Å².